The molecule has 1 aromatic carbocycles. The molecule has 1 unspecified atom stereocenters. The number of nitrogens with one attached hydrogen (secondary N) is 1. The molecule has 1 fully saturated rings. The van der Waals surface area contributed by atoms with Crippen molar-refractivity contribution in [2.45, 2.75) is 45.6 Å². The quantitative estimate of drug-likeness (QED) is 0.860. The second kappa shape index (κ2) is 5.92. The highest BCUT2D eigenvalue weighted by Gasteiger charge is 2.29. The van der Waals surface area contributed by atoms with Gasteiger partial charge in [-0.15, -0.1) is 0 Å². The number of hydrogen-bond acceptors (Lipinski definition) is 2. The predicted octanol–water partition coefficient (Wildman–Crippen LogP) is 3.86. The van der Waals surface area contributed by atoms with Gasteiger partial charge in [0.2, 0.25) is 0 Å². The molecule has 0 spiro atoms. The fraction of sp³-hybridized carbons (Fsp3) is 0.500. The van der Waals surface area contributed by atoms with Crippen LogP contribution >= 0.6 is 0 Å². The zero-order valence-corrected chi connectivity index (χ0v) is 12.5. The Morgan fingerprint density at radius 2 is 2.10 bits per heavy atom. The molecule has 1 N–H and O–H groups in total. The van der Waals surface area contributed by atoms with E-state index < -0.39 is 0 Å². The summed E-state index contributed by atoms with van der Waals surface area (Å²) in [6, 6.07) is 11.7. The minimum atomic E-state index is 0.715. The smallest absolute Gasteiger partial charge is 0.0705 e. The van der Waals surface area contributed by atoms with Crippen molar-refractivity contribution >= 4 is 10.9 Å². The summed E-state index contributed by atoms with van der Waals surface area (Å²) in [4.78, 5) is 4.57. The van der Waals surface area contributed by atoms with E-state index >= 15 is 0 Å². The van der Waals surface area contributed by atoms with Gasteiger partial charge in [0.05, 0.1) is 5.52 Å². The zero-order chi connectivity index (χ0) is 13.9. The van der Waals surface area contributed by atoms with Crippen molar-refractivity contribution in [3.63, 3.8) is 0 Å². The van der Waals surface area contributed by atoms with Gasteiger partial charge < -0.3 is 5.32 Å². The van der Waals surface area contributed by atoms with Crippen LogP contribution in [0, 0.1) is 12.8 Å². The van der Waals surface area contributed by atoms with Gasteiger partial charge in [0.25, 0.3) is 0 Å². The molecular weight excluding hydrogens is 244 g/mol. The van der Waals surface area contributed by atoms with E-state index in [1.807, 2.05) is 6.92 Å². The Labute approximate surface area is 121 Å². The lowest BCUT2D eigenvalue weighted by Gasteiger charge is -2.17. The average molecular weight is 268 g/mol. The Morgan fingerprint density at radius 3 is 2.85 bits per heavy atom. The van der Waals surface area contributed by atoms with E-state index in [2.05, 4.69) is 47.6 Å². The molecule has 2 nitrogen and oxygen atoms in total. The van der Waals surface area contributed by atoms with Crippen molar-refractivity contribution in [2.75, 3.05) is 6.54 Å². The fourth-order valence-corrected chi connectivity index (χ4v) is 3.02. The van der Waals surface area contributed by atoms with Crippen LogP contribution in [0.3, 0.4) is 0 Å². The number of fused-ring (bicyclic) bond motifs is 1. The van der Waals surface area contributed by atoms with Crippen LogP contribution in [0.5, 0.6) is 0 Å². The summed E-state index contributed by atoms with van der Waals surface area (Å²) in [6.45, 7) is 5.34. The summed E-state index contributed by atoms with van der Waals surface area (Å²) in [7, 11) is 0. The van der Waals surface area contributed by atoms with Gasteiger partial charge in [0, 0.05) is 17.1 Å². The van der Waals surface area contributed by atoms with E-state index in [-0.39, 0.29) is 0 Å². The van der Waals surface area contributed by atoms with Crippen LogP contribution in [0.2, 0.25) is 0 Å². The third kappa shape index (κ3) is 3.18. The standard InChI is InChI=1S/C18H24N2/c1-3-19-17(15-8-9-15)10-5-14-6-11-18-16(12-14)7-4-13(2)20-18/h4,6-7,11-12,15,17,19H,3,5,8-10H2,1-2H3. The molecule has 0 amide bonds. The normalized spacial score (nSPS) is 16.5. The molecular formula is C18H24N2. The predicted molar refractivity (Wildman–Crippen MR) is 85.0 cm³/mol. The zero-order valence-electron chi connectivity index (χ0n) is 12.5. The van der Waals surface area contributed by atoms with Gasteiger partial charge in [0.1, 0.15) is 0 Å². The molecule has 1 aromatic heterocycles. The summed E-state index contributed by atoms with van der Waals surface area (Å²) in [6.07, 6.45) is 5.25. The van der Waals surface area contributed by atoms with E-state index in [1.165, 1.54) is 30.2 Å². The van der Waals surface area contributed by atoms with E-state index in [0.717, 1.165) is 30.1 Å². The molecule has 0 radical (unpaired) electrons. The summed E-state index contributed by atoms with van der Waals surface area (Å²) in [5.41, 5.74) is 3.64. The summed E-state index contributed by atoms with van der Waals surface area (Å²) in [5, 5.41) is 4.91. The second-order valence-electron chi connectivity index (χ2n) is 6.02. The highest BCUT2D eigenvalue weighted by Crippen LogP contribution is 2.34. The molecule has 1 saturated carbocycles. The highest BCUT2D eigenvalue weighted by molar-refractivity contribution is 5.79. The summed E-state index contributed by atoms with van der Waals surface area (Å²) < 4.78 is 0. The molecule has 2 heteroatoms. The minimum Gasteiger partial charge on any atom is -0.314 e. The molecule has 1 aliphatic carbocycles. The Kier molecular flexibility index (Phi) is 4.02. The number of hydrogen-bond donors (Lipinski definition) is 1. The molecule has 1 heterocycles. The van der Waals surface area contributed by atoms with Gasteiger partial charge in [-0.3, -0.25) is 4.98 Å². The van der Waals surface area contributed by atoms with E-state index in [9.17, 15) is 0 Å². The maximum Gasteiger partial charge on any atom is 0.0705 e. The van der Waals surface area contributed by atoms with Crippen molar-refractivity contribution in [1.82, 2.24) is 10.3 Å². The Hall–Kier alpha value is -1.41. The fourth-order valence-electron chi connectivity index (χ4n) is 3.02. The first-order valence-electron chi connectivity index (χ1n) is 7.86. The molecule has 0 aliphatic heterocycles. The van der Waals surface area contributed by atoms with Gasteiger partial charge in [-0.2, -0.15) is 0 Å². The molecule has 2 aromatic rings. The lowest BCUT2D eigenvalue weighted by molar-refractivity contribution is 0.446. The van der Waals surface area contributed by atoms with Crippen molar-refractivity contribution in [3.8, 4) is 0 Å². The molecule has 0 bridgehead atoms. The first-order chi connectivity index (χ1) is 9.76. The van der Waals surface area contributed by atoms with E-state index in [0.29, 0.717) is 6.04 Å². The van der Waals surface area contributed by atoms with Crippen molar-refractivity contribution in [1.29, 1.82) is 0 Å². The van der Waals surface area contributed by atoms with Crippen molar-refractivity contribution in [2.24, 2.45) is 5.92 Å². The maximum atomic E-state index is 4.57. The van der Waals surface area contributed by atoms with Crippen LogP contribution in [0.25, 0.3) is 10.9 Å². The first kappa shape index (κ1) is 13.6. The molecule has 1 aliphatic rings. The molecule has 20 heavy (non-hydrogen) atoms. The van der Waals surface area contributed by atoms with Gasteiger partial charge in [0.15, 0.2) is 0 Å². The number of pyridine rings is 1. The second-order valence-corrected chi connectivity index (χ2v) is 6.02. The number of rotatable bonds is 6. The topological polar surface area (TPSA) is 24.9 Å². The van der Waals surface area contributed by atoms with Crippen LogP contribution < -0.4 is 5.32 Å². The summed E-state index contributed by atoms with van der Waals surface area (Å²) >= 11 is 0. The lowest BCUT2D eigenvalue weighted by atomic mass is 10.0. The molecule has 0 saturated heterocycles. The molecule has 1 atom stereocenters. The minimum absolute atomic E-state index is 0.715. The molecule has 106 valence electrons. The highest BCUT2D eigenvalue weighted by atomic mass is 14.9. The number of aryl methyl sites for hydroxylation is 2. The number of benzene rings is 1. The average Bonchev–Trinajstić information content (AvgIpc) is 3.28. The van der Waals surface area contributed by atoms with Crippen LogP contribution in [0.4, 0.5) is 0 Å². The first-order valence-corrected chi connectivity index (χ1v) is 7.86. The van der Waals surface area contributed by atoms with Gasteiger partial charge >= 0.3 is 0 Å². The molecule has 3 rings (SSSR count). The summed E-state index contributed by atoms with van der Waals surface area (Å²) in [5.74, 6) is 0.930. The third-order valence-corrected chi connectivity index (χ3v) is 4.29. The largest absolute Gasteiger partial charge is 0.314 e. The van der Waals surface area contributed by atoms with Crippen molar-refractivity contribution < 1.29 is 0 Å². The monoisotopic (exact) mass is 268 g/mol. The van der Waals surface area contributed by atoms with E-state index in [1.54, 1.807) is 0 Å². The van der Waals surface area contributed by atoms with E-state index in [4.69, 9.17) is 0 Å². The van der Waals surface area contributed by atoms with Gasteiger partial charge in [-0.25, -0.2) is 0 Å². The Balaban J connectivity index is 1.69. The third-order valence-electron chi connectivity index (χ3n) is 4.29. The van der Waals surface area contributed by atoms with Crippen LogP contribution in [0.1, 0.15) is 37.4 Å². The number of aromatic nitrogens is 1. The van der Waals surface area contributed by atoms with Crippen molar-refractivity contribution in [3.05, 3.63) is 41.6 Å². The van der Waals surface area contributed by atoms with Crippen LogP contribution in [-0.2, 0) is 6.42 Å². The Bertz CT molecular complexity index is 587. The van der Waals surface area contributed by atoms with Crippen LogP contribution in [-0.4, -0.2) is 17.6 Å². The van der Waals surface area contributed by atoms with Crippen LogP contribution in [0.15, 0.2) is 30.3 Å². The van der Waals surface area contributed by atoms with Gasteiger partial charge in [-0.05, 0) is 68.8 Å². The number of nitrogens with zero attached hydrogens (tertiary/aromatic N) is 1. The SMILES string of the molecule is CCNC(CCc1ccc2nc(C)ccc2c1)C1CC1. The maximum absolute atomic E-state index is 4.57. The lowest BCUT2D eigenvalue weighted by Crippen LogP contribution is -2.31. The van der Waals surface area contributed by atoms with Gasteiger partial charge in [-0.1, -0.05) is 19.1 Å². The Morgan fingerprint density at radius 1 is 1.25 bits per heavy atom.